The fraction of sp³-hybridized carbons (Fsp3) is 0.273. The Morgan fingerprint density at radius 1 is 1.17 bits per heavy atom. The van der Waals surface area contributed by atoms with Gasteiger partial charge < -0.3 is 15.0 Å². The van der Waals surface area contributed by atoms with E-state index in [9.17, 15) is 28.0 Å². The summed E-state index contributed by atoms with van der Waals surface area (Å²) < 4.78 is 29.4. The van der Waals surface area contributed by atoms with E-state index in [0.717, 1.165) is 16.9 Å². The third kappa shape index (κ3) is 4.13. The molecule has 2 heterocycles. The van der Waals surface area contributed by atoms with Gasteiger partial charge in [0, 0.05) is 35.1 Å². The standard InChI is InChI=1S/C22H22B4ClF2N3O4/c23-15-8-16(33)32(26)20(36)21(15,25)31-9-11-7-10(1-6-14(11)18(31)34)17(24)30-19(35)22(28,29)12-2-4-13(27)5-3-12/h1-7,15,17H,8-9,23-26H2,(H,30,35). The minimum Gasteiger partial charge on any atom is -0.352 e. The molecule has 182 valence electrons. The number of imide groups is 1. The Labute approximate surface area is 215 Å². The quantitative estimate of drug-likeness (QED) is 0.410. The molecule has 2 aliphatic rings. The summed E-state index contributed by atoms with van der Waals surface area (Å²) in [6.45, 7) is 0.123. The number of carbonyl (C=O) groups excluding carboxylic acids is 4. The van der Waals surface area contributed by atoms with Crippen molar-refractivity contribution >= 4 is 66.7 Å². The van der Waals surface area contributed by atoms with Crippen LogP contribution in [0.4, 0.5) is 8.78 Å². The van der Waals surface area contributed by atoms with Gasteiger partial charge in [-0.3, -0.25) is 19.2 Å². The van der Waals surface area contributed by atoms with Crippen molar-refractivity contribution in [3.63, 3.8) is 0 Å². The number of benzene rings is 2. The highest BCUT2D eigenvalue weighted by molar-refractivity contribution is 6.42. The second-order valence-corrected chi connectivity index (χ2v) is 10.0. The van der Waals surface area contributed by atoms with Gasteiger partial charge in [0.2, 0.25) is 19.8 Å². The van der Waals surface area contributed by atoms with Gasteiger partial charge in [-0.15, -0.1) is 0 Å². The van der Waals surface area contributed by atoms with Crippen molar-refractivity contribution in [1.82, 2.24) is 15.0 Å². The number of nitrogens with zero attached hydrogens (tertiary/aromatic N) is 2. The molecule has 0 radical (unpaired) electrons. The topological polar surface area (TPSA) is 86.8 Å². The van der Waals surface area contributed by atoms with E-state index in [2.05, 4.69) is 5.32 Å². The fourth-order valence-corrected chi connectivity index (χ4v) is 4.91. The Bertz CT molecular complexity index is 1280. The fourth-order valence-electron chi connectivity index (χ4n) is 4.79. The number of amides is 4. The zero-order chi connectivity index (χ0) is 26.6. The lowest BCUT2D eigenvalue weighted by atomic mass is 9.55. The first-order valence-corrected chi connectivity index (χ1v) is 11.9. The first-order chi connectivity index (χ1) is 16.8. The summed E-state index contributed by atoms with van der Waals surface area (Å²) in [6, 6.07) is 9.62. The smallest absolute Gasteiger partial charge is 0.349 e. The number of halogens is 3. The van der Waals surface area contributed by atoms with Crippen LogP contribution in [-0.2, 0) is 26.9 Å². The van der Waals surface area contributed by atoms with Gasteiger partial charge in [0.1, 0.15) is 23.5 Å². The Morgan fingerprint density at radius 3 is 2.44 bits per heavy atom. The number of piperidine rings is 1. The molecule has 3 unspecified atom stereocenters. The molecule has 0 bridgehead atoms. The second-order valence-electron chi connectivity index (χ2n) is 9.59. The number of hydrogen-bond donors (Lipinski definition) is 1. The third-order valence-electron chi connectivity index (χ3n) is 7.39. The van der Waals surface area contributed by atoms with E-state index in [1.807, 2.05) is 0 Å². The molecule has 0 spiro atoms. The highest BCUT2D eigenvalue weighted by Gasteiger charge is 2.53. The highest BCUT2D eigenvalue weighted by atomic mass is 35.5. The lowest BCUT2D eigenvalue weighted by Crippen LogP contribution is -2.66. The summed E-state index contributed by atoms with van der Waals surface area (Å²) in [5.41, 5.74) is -0.147. The molecule has 2 aliphatic heterocycles. The third-order valence-corrected chi connectivity index (χ3v) is 7.64. The minimum absolute atomic E-state index is 0.123. The second kappa shape index (κ2) is 9.10. The summed E-state index contributed by atoms with van der Waals surface area (Å²) in [4.78, 5) is 53.4. The van der Waals surface area contributed by atoms with Gasteiger partial charge in [-0.2, -0.15) is 8.78 Å². The first-order valence-electron chi connectivity index (χ1n) is 11.5. The molecule has 1 saturated heterocycles. The maximum atomic E-state index is 14.7. The SMILES string of the molecule is BC(NC(=O)C(F)(F)c1ccc(Cl)cc1)c1ccc2c(c1)CN(C1(B)C(=O)N(B)C(=O)CC1B)C2=O. The van der Waals surface area contributed by atoms with Crippen molar-refractivity contribution in [2.45, 2.75) is 36.1 Å². The largest absolute Gasteiger partial charge is 0.352 e. The van der Waals surface area contributed by atoms with Gasteiger partial charge in [0.05, 0.1) is 5.44 Å². The molecular formula is C22H22B4ClF2N3O4. The van der Waals surface area contributed by atoms with Crippen LogP contribution in [0.15, 0.2) is 42.5 Å². The predicted octanol–water partition coefficient (Wildman–Crippen LogP) is -1.11. The molecule has 36 heavy (non-hydrogen) atoms. The number of alkyl halides is 2. The molecule has 4 rings (SSSR count). The maximum absolute atomic E-state index is 14.7. The van der Waals surface area contributed by atoms with Crippen LogP contribution >= 0.6 is 11.6 Å². The van der Waals surface area contributed by atoms with E-state index < -0.39 is 34.7 Å². The minimum atomic E-state index is -3.77. The van der Waals surface area contributed by atoms with Gasteiger partial charge >= 0.3 is 5.92 Å². The Balaban J connectivity index is 1.54. The van der Waals surface area contributed by atoms with E-state index in [-0.39, 0.29) is 35.6 Å². The molecule has 0 aromatic heterocycles. The van der Waals surface area contributed by atoms with Gasteiger partial charge in [-0.1, -0.05) is 35.9 Å². The van der Waals surface area contributed by atoms with Crippen LogP contribution in [0, 0.1) is 0 Å². The molecule has 0 aliphatic carbocycles. The van der Waals surface area contributed by atoms with E-state index in [4.69, 9.17) is 11.6 Å². The Morgan fingerprint density at radius 2 is 1.81 bits per heavy atom. The summed E-state index contributed by atoms with van der Waals surface area (Å²) in [5.74, 6) is -7.48. The van der Waals surface area contributed by atoms with Crippen molar-refractivity contribution in [2.24, 2.45) is 0 Å². The van der Waals surface area contributed by atoms with E-state index in [1.165, 1.54) is 25.0 Å². The average Bonchev–Trinajstić information content (AvgIpc) is 3.17. The summed E-state index contributed by atoms with van der Waals surface area (Å²) in [5, 5.41) is 2.62. The van der Waals surface area contributed by atoms with Gasteiger partial charge in [-0.25, -0.2) is 0 Å². The van der Waals surface area contributed by atoms with Crippen LogP contribution in [0.25, 0.3) is 0 Å². The number of fused-ring (bicyclic) bond motifs is 1. The molecule has 2 aromatic carbocycles. The number of rotatable bonds is 5. The molecule has 3 atom stereocenters. The number of carbonyl (C=O) groups is 4. The summed E-state index contributed by atoms with van der Waals surface area (Å²) in [6.07, 6.45) is 0.134. The van der Waals surface area contributed by atoms with Gasteiger partial charge in [0.25, 0.3) is 11.8 Å². The summed E-state index contributed by atoms with van der Waals surface area (Å²) in [7, 11) is 6.41. The normalized spacial score (nSPS) is 23.0. The molecule has 1 fully saturated rings. The molecule has 2 aromatic rings. The lowest BCUT2D eigenvalue weighted by molar-refractivity contribution is -0.148. The van der Waals surface area contributed by atoms with Crippen LogP contribution in [0.2, 0.25) is 10.8 Å². The molecule has 4 amide bonds. The van der Waals surface area contributed by atoms with Crippen molar-refractivity contribution in [2.75, 3.05) is 0 Å². The van der Waals surface area contributed by atoms with Crippen molar-refractivity contribution in [1.29, 1.82) is 0 Å². The van der Waals surface area contributed by atoms with Crippen LogP contribution in [0.3, 0.4) is 0 Å². The Hall–Kier alpha value is -3.07. The van der Waals surface area contributed by atoms with Gasteiger partial charge in [0.15, 0.2) is 0 Å². The monoisotopic (exact) mass is 509 g/mol. The zero-order valence-electron chi connectivity index (χ0n) is 20.3. The molecule has 0 saturated carbocycles. The van der Waals surface area contributed by atoms with E-state index in [1.54, 1.807) is 41.7 Å². The summed E-state index contributed by atoms with van der Waals surface area (Å²) >= 11 is 5.75. The zero-order valence-corrected chi connectivity index (χ0v) is 21.0. The van der Waals surface area contributed by atoms with Crippen molar-refractivity contribution in [3.05, 3.63) is 69.7 Å². The number of hydrogen-bond acceptors (Lipinski definition) is 4. The first kappa shape index (κ1) is 26.0. The molecule has 7 nitrogen and oxygen atoms in total. The molecule has 1 N–H and O–H groups in total. The van der Waals surface area contributed by atoms with Crippen molar-refractivity contribution < 1.29 is 28.0 Å². The molecule has 14 heteroatoms. The highest BCUT2D eigenvalue weighted by Crippen LogP contribution is 2.39. The van der Waals surface area contributed by atoms with Crippen LogP contribution in [0.1, 0.15) is 39.4 Å². The number of nitrogens with one attached hydrogen (secondary N) is 1. The van der Waals surface area contributed by atoms with E-state index >= 15 is 0 Å². The van der Waals surface area contributed by atoms with Crippen LogP contribution < -0.4 is 5.32 Å². The van der Waals surface area contributed by atoms with Crippen molar-refractivity contribution in [3.8, 4) is 0 Å². The maximum Gasteiger partial charge on any atom is 0.349 e. The Kier molecular flexibility index (Phi) is 6.58. The lowest BCUT2D eigenvalue weighted by Gasteiger charge is -2.47. The van der Waals surface area contributed by atoms with Gasteiger partial charge in [-0.05, 0) is 35.1 Å². The predicted molar refractivity (Wildman–Crippen MR) is 140 cm³/mol. The average molecular weight is 509 g/mol. The van der Waals surface area contributed by atoms with Crippen LogP contribution in [-0.4, -0.2) is 70.3 Å². The van der Waals surface area contributed by atoms with E-state index in [0.29, 0.717) is 16.7 Å². The molecular weight excluding hydrogens is 487 g/mol. The van der Waals surface area contributed by atoms with Crippen LogP contribution in [0.5, 0.6) is 0 Å².